The van der Waals surface area contributed by atoms with Gasteiger partial charge in [-0.3, -0.25) is 14.6 Å². The van der Waals surface area contributed by atoms with Gasteiger partial charge in [0.05, 0.1) is 5.57 Å². The third-order valence-electron chi connectivity index (χ3n) is 4.20. The standard InChI is InChI=1S/C20H19NO2/c1-14-2-3-15(12-14)4-6-19(22)18-13-17(5-7-20(18)23)16-8-10-21-11-9-16/h2-3,5,8-11,13H,4,6-7,12H2,1H3. The van der Waals surface area contributed by atoms with E-state index < -0.39 is 0 Å². The largest absolute Gasteiger partial charge is 0.294 e. The molecule has 2 aliphatic carbocycles. The van der Waals surface area contributed by atoms with Gasteiger partial charge >= 0.3 is 0 Å². The molecule has 0 radical (unpaired) electrons. The lowest BCUT2D eigenvalue weighted by Gasteiger charge is -2.13. The number of allylic oxidation sites excluding steroid dienone is 8. The van der Waals surface area contributed by atoms with E-state index in [9.17, 15) is 9.59 Å². The lowest BCUT2D eigenvalue weighted by molar-refractivity contribution is -0.121. The average Bonchev–Trinajstić information content (AvgIpc) is 2.99. The van der Waals surface area contributed by atoms with Crippen molar-refractivity contribution in [1.29, 1.82) is 0 Å². The minimum absolute atomic E-state index is 0.0555. The zero-order valence-corrected chi connectivity index (χ0v) is 13.2. The summed E-state index contributed by atoms with van der Waals surface area (Å²) in [6, 6.07) is 3.77. The first-order valence-corrected chi connectivity index (χ1v) is 7.87. The highest BCUT2D eigenvalue weighted by Crippen LogP contribution is 2.26. The zero-order chi connectivity index (χ0) is 16.2. The summed E-state index contributed by atoms with van der Waals surface area (Å²) in [5.41, 5.74) is 4.83. The topological polar surface area (TPSA) is 47.0 Å². The van der Waals surface area contributed by atoms with Crippen LogP contribution < -0.4 is 0 Å². The molecule has 3 rings (SSSR count). The fraction of sp³-hybridized carbons (Fsp3) is 0.250. The molecule has 3 heteroatoms. The lowest BCUT2D eigenvalue weighted by atomic mass is 9.90. The van der Waals surface area contributed by atoms with Crippen molar-refractivity contribution < 1.29 is 9.59 Å². The van der Waals surface area contributed by atoms with Crippen molar-refractivity contribution in [3.8, 4) is 0 Å². The fourth-order valence-corrected chi connectivity index (χ4v) is 2.91. The number of carbonyl (C=O) groups excluding carboxylic acids is 2. The molecule has 0 bridgehead atoms. The Labute approximate surface area is 136 Å². The summed E-state index contributed by atoms with van der Waals surface area (Å²) in [7, 11) is 0. The maximum Gasteiger partial charge on any atom is 0.170 e. The Morgan fingerprint density at radius 2 is 2.00 bits per heavy atom. The minimum atomic E-state index is -0.0810. The number of Topliss-reactive ketones (excluding diaryl/α,β-unsaturated/α-hetero) is 2. The van der Waals surface area contributed by atoms with E-state index in [-0.39, 0.29) is 11.6 Å². The SMILES string of the molecule is CC1=CC=C(CCC(=O)C2=CC(c3ccncc3)=CCC2=O)C1. The van der Waals surface area contributed by atoms with Crippen LogP contribution in [-0.4, -0.2) is 16.6 Å². The highest BCUT2D eigenvalue weighted by molar-refractivity contribution is 6.23. The second kappa shape index (κ2) is 6.69. The minimum Gasteiger partial charge on any atom is -0.294 e. The van der Waals surface area contributed by atoms with E-state index in [0.717, 1.165) is 24.0 Å². The fourth-order valence-electron chi connectivity index (χ4n) is 2.91. The van der Waals surface area contributed by atoms with Gasteiger partial charge in [0, 0.05) is 25.2 Å². The quantitative estimate of drug-likeness (QED) is 0.773. The summed E-state index contributed by atoms with van der Waals surface area (Å²) in [6.07, 6.45) is 13.6. The Kier molecular flexibility index (Phi) is 4.47. The molecule has 3 nitrogen and oxygen atoms in total. The molecule has 0 atom stereocenters. The highest BCUT2D eigenvalue weighted by atomic mass is 16.1. The summed E-state index contributed by atoms with van der Waals surface area (Å²) in [4.78, 5) is 28.5. The van der Waals surface area contributed by atoms with E-state index in [2.05, 4.69) is 24.1 Å². The van der Waals surface area contributed by atoms with E-state index in [1.807, 2.05) is 18.2 Å². The molecule has 0 saturated heterocycles. The molecule has 0 saturated carbocycles. The molecule has 23 heavy (non-hydrogen) atoms. The number of hydrogen-bond donors (Lipinski definition) is 0. The molecule has 1 heterocycles. The predicted octanol–water partition coefficient (Wildman–Crippen LogP) is 3.99. The Morgan fingerprint density at radius 1 is 1.22 bits per heavy atom. The van der Waals surface area contributed by atoms with E-state index in [1.165, 1.54) is 11.1 Å². The first-order chi connectivity index (χ1) is 11.1. The van der Waals surface area contributed by atoms with Crippen molar-refractivity contribution in [3.05, 3.63) is 71.1 Å². The molecule has 0 amide bonds. The van der Waals surface area contributed by atoms with Crippen molar-refractivity contribution in [2.45, 2.75) is 32.6 Å². The van der Waals surface area contributed by atoms with Crippen molar-refractivity contribution in [1.82, 2.24) is 4.98 Å². The Balaban J connectivity index is 1.70. The third-order valence-corrected chi connectivity index (χ3v) is 4.20. The van der Waals surface area contributed by atoms with Crippen LogP contribution in [0.4, 0.5) is 0 Å². The number of nitrogens with zero attached hydrogens (tertiary/aromatic N) is 1. The van der Waals surface area contributed by atoms with Crippen molar-refractivity contribution in [2.24, 2.45) is 0 Å². The number of rotatable bonds is 5. The van der Waals surface area contributed by atoms with Crippen molar-refractivity contribution >= 4 is 17.1 Å². The van der Waals surface area contributed by atoms with Gasteiger partial charge in [-0.1, -0.05) is 29.4 Å². The monoisotopic (exact) mass is 305 g/mol. The van der Waals surface area contributed by atoms with E-state index >= 15 is 0 Å². The average molecular weight is 305 g/mol. The van der Waals surface area contributed by atoms with E-state index in [0.29, 0.717) is 18.4 Å². The first-order valence-electron chi connectivity index (χ1n) is 7.87. The normalized spacial score (nSPS) is 17.3. The third kappa shape index (κ3) is 3.62. The highest BCUT2D eigenvalue weighted by Gasteiger charge is 2.21. The van der Waals surface area contributed by atoms with E-state index in [4.69, 9.17) is 0 Å². The summed E-state index contributed by atoms with van der Waals surface area (Å²) < 4.78 is 0. The van der Waals surface area contributed by atoms with Gasteiger partial charge in [-0.25, -0.2) is 0 Å². The van der Waals surface area contributed by atoms with Gasteiger partial charge in [0.25, 0.3) is 0 Å². The first kappa shape index (κ1) is 15.3. The summed E-state index contributed by atoms with van der Waals surface area (Å²) in [5.74, 6) is -0.136. The number of pyridine rings is 1. The molecule has 0 fully saturated rings. The van der Waals surface area contributed by atoms with Gasteiger partial charge < -0.3 is 0 Å². The second-order valence-electron chi connectivity index (χ2n) is 6.02. The number of aromatic nitrogens is 1. The molecule has 1 aromatic heterocycles. The summed E-state index contributed by atoms with van der Waals surface area (Å²) >= 11 is 0. The molecular weight excluding hydrogens is 286 g/mol. The van der Waals surface area contributed by atoms with Crippen LogP contribution in [0.15, 0.2) is 65.5 Å². The molecule has 0 N–H and O–H groups in total. The maximum absolute atomic E-state index is 12.5. The molecule has 1 aromatic rings. The van der Waals surface area contributed by atoms with Gasteiger partial charge in [0.2, 0.25) is 0 Å². The van der Waals surface area contributed by atoms with Crippen LogP contribution in [0.3, 0.4) is 0 Å². The van der Waals surface area contributed by atoms with Crippen LogP contribution >= 0.6 is 0 Å². The van der Waals surface area contributed by atoms with Crippen LogP contribution in [0.25, 0.3) is 5.57 Å². The summed E-state index contributed by atoms with van der Waals surface area (Å²) in [5, 5.41) is 0. The van der Waals surface area contributed by atoms with Gasteiger partial charge in [0.15, 0.2) is 11.6 Å². The molecule has 2 aliphatic rings. The Morgan fingerprint density at radius 3 is 2.70 bits per heavy atom. The molecule has 0 unspecified atom stereocenters. The van der Waals surface area contributed by atoms with E-state index in [1.54, 1.807) is 18.5 Å². The summed E-state index contributed by atoms with van der Waals surface area (Å²) in [6.45, 7) is 2.09. The van der Waals surface area contributed by atoms with Gasteiger partial charge in [-0.15, -0.1) is 0 Å². The van der Waals surface area contributed by atoms with Gasteiger partial charge in [-0.2, -0.15) is 0 Å². The van der Waals surface area contributed by atoms with Crippen LogP contribution in [0.1, 0.15) is 38.2 Å². The van der Waals surface area contributed by atoms with Crippen LogP contribution in [0.2, 0.25) is 0 Å². The molecule has 0 aliphatic heterocycles. The Hall–Kier alpha value is -2.55. The van der Waals surface area contributed by atoms with Crippen LogP contribution in [0, 0.1) is 0 Å². The second-order valence-corrected chi connectivity index (χ2v) is 6.02. The van der Waals surface area contributed by atoms with Crippen LogP contribution in [-0.2, 0) is 9.59 Å². The lowest BCUT2D eigenvalue weighted by Crippen LogP contribution is -2.15. The zero-order valence-electron chi connectivity index (χ0n) is 13.2. The van der Waals surface area contributed by atoms with Crippen molar-refractivity contribution in [2.75, 3.05) is 0 Å². The predicted molar refractivity (Wildman–Crippen MR) is 90.6 cm³/mol. The molecule has 0 aromatic carbocycles. The molecule has 0 spiro atoms. The molecular formula is C20H19NO2. The number of carbonyl (C=O) groups is 2. The van der Waals surface area contributed by atoms with Crippen LogP contribution in [0.5, 0.6) is 0 Å². The maximum atomic E-state index is 12.5. The number of ketones is 2. The van der Waals surface area contributed by atoms with Gasteiger partial charge in [-0.05, 0) is 49.1 Å². The molecule has 116 valence electrons. The smallest absolute Gasteiger partial charge is 0.170 e. The number of hydrogen-bond acceptors (Lipinski definition) is 3. The van der Waals surface area contributed by atoms with Gasteiger partial charge in [0.1, 0.15) is 0 Å². The Bertz CT molecular complexity index is 764. The van der Waals surface area contributed by atoms with Crippen molar-refractivity contribution in [3.63, 3.8) is 0 Å².